The highest BCUT2D eigenvalue weighted by Gasteiger charge is 2.18. The molecule has 0 spiro atoms. The molecule has 0 radical (unpaired) electrons. The van der Waals surface area contributed by atoms with Crippen LogP contribution in [0.3, 0.4) is 0 Å². The zero-order valence-corrected chi connectivity index (χ0v) is 14.3. The number of fused-ring (bicyclic) bond motifs is 1. The van der Waals surface area contributed by atoms with Gasteiger partial charge in [-0.1, -0.05) is 34.6 Å². The van der Waals surface area contributed by atoms with Gasteiger partial charge in [0.15, 0.2) is 5.76 Å². The number of carbonyl (C=O) groups is 1. The van der Waals surface area contributed by atoms with Gasteiger partial charge in [0.05, 0.1) is 30.4 Å². The highest BCUT2D eigenvalue weighted by Crippen LogP contribution is 2.20. The number of benzene rings is 1. The van der Waals surface area contributed by atoms with Crippen LogP contribution in [0.1, 0.15) is 16.4 Å². The molecule has 0 fully saturated rings. The van der Waals surface area contributed by atoms with Gasteiger partial charge in [0.1, 0.15) is 5.82 Å². The summed E-state index contributed by atoms with van der Waals surface area (Å²) in [6.45, 7) is 4.88. The standard InChI is InChI=1S/C17H16BrN3O2/c1-12(18)10-21-14-7-4-3-6-13(14)19-16(21)11-20(2)17(22)15-8-5-9-23-15/h3-9H,1,10-11H2,2H3. The second-order valence-electron chi connectivity index (χ2n) is 5.26. The fourth-order valence-corrected chi connectivity index (χ4v) is 2.72. The molecule has 3 aromatic rings. The average Bonchev–Trinajstić information content (AvgIpc) is 3.15. The van der Waals surface area contributed by atoms with E-state index in [1.165, 1.54) is 6.26 Å². The molecule has 1 aromatic carbocycles. The van der Waals surface area contributed by atoms with Gasteiger partial charge in [-0.15, -0.1) is 0 Å². The minimum absolute atomic E-state index is 0.175. The zero-order valence-electron chi connectivity index (χ0n) is 12.7. The number of nitrogens with zero attached hydrogens (tertiary/aromatic N) is 3. The molecule has 0 saturated heterocycles. The molecule has 3 rings (SSSR count). The maximum absolute atomic E-state index is 12.3. The van der Waals surface area contributed by atoms with Crippen molar-refractivity contribution in [2.45, 2.75) is 13.1 Å². The predicted octanol–water partition coefficient (Wildman–Crippen LogP) is 3.81. The molecule has 0 unspecified atom stereocenters. The summed E-state index contributed by atoms with van der Waals surface area (Å²) in [6, 6.07) is 11.2. The van der Waals surface area contributed by atoms with Crippen LogP contribution in [0.25, 0.3) is 11.0 Å². The predicted molar refractivity (Wildman–Crippen MR) is 92.3 cm³/mol. The van der Waals surface area contributed by atoms with Gasteiger partial charge in [0.2, 0.25) is 0 Å². The first-order valence-corrected chi connectivity index (χ1v) is 7.92. The number of aromatic nitrogens is 2. The smallest absolute Gasteiger partial charge is 0.289 e. The first-order valence-electron chi connectivity index (χ1n) is 7.12. The molecule has 0 aliphatic carbocycles. The van der Waals surface area contributed by atoms with Crippen molar-refractivity contribution in [3.05, 3.63) is 65.3 Å². The van der Waals surface area contributed by atoms with E-state index in [9.17, 15) is 4.79 Å². The Morgan fingerprint density at radius 1 is 1.35 bits per heavy atom. The molecule has 0 saturated carbocycles. The van der Waals surface area contributed by atoms with E-state index in [1.54, 1.807) is 24.1 Å². The fraction of sp³-hybridized carbons (Fsp3) is 0.176. The summed E-state index contributed by atoms with van der Waals surface area (Å²) in [4.78, 5) is 18.6. The molecule has 1 amide bonds. The summed E-state index contributed by atoms with van der Waals surface area (Å²) >= 11 is 3.40. The summed E-state index contributed by atoms with van der Waals surface area (Å²) in [5, 5.41) is 0. The third kappa shape index (κ3) is 3.22. The maximum Gasteiger partial charge on any atom is 0.289 e. The summed E-state index contributed by atoms with van der Waals surface area (Å²) in [6.07, 6.45) is 1.49. The Bertz CT molecular complexity index is 852. The van der Waals surface area contributed by atoms with Crippen LogP contribution in [0.15, 0.2) is 58.1 Å². The van der Waals surface area contributed by atoms with Crippen molar-refractivity contribution in [2.75, 3.05) is 7.05 Å². The number of carbonyl (C=O) groups excluding carboxylic acids is 1. The monoisotopic (exact) mass is 373 g/mol. The van der Waals surface area contributed by atoms with Crippen LogP contribution >= 0.6 is 15.9 Å². The van der Waals surface area contributed by atoms with Crippen molar-refractivity contribution in [1.29, 1.82) is 0 Å². The lowest BCUT2D eigenvalue weighted by atomic mass is 10.3. The lowest BCUT2D eigenvalue weighted by Crippen LogP contribution is -2.27. The van der Waals surface area contributed by atoms with Crippen LogP contribution in [0.5, 0.6) is 0 Å². The number of allylic oxidation sites excluding steroid dienone is 1. The van der Waals surface area contributed by atoms with Gasteiger partial charge in [0, 0.05) is 11.5 Å². The van der Waals surface area contributed by atoms with E-state index in [2.05, 4.69) is 32.1 Å². The highest BCUT2D eigenvalue weighted by atomic mass is 79.9. The van der Waals surface area contributed by atoms with Crippen molar-refractivity contribution in [3.63, 3.8) is 0 Å². The van der Waals surface area contributed by atoms with Gasteiger partial charge in [-0.3, -0.25) is 4.79 Å². The zero-order chi connectivity index (χ0) is 16.4. The first kappa shape index (κ1) is 15.6. The third-order valence-electron chi connectivity index (χ3n) is 3.52. The second-order valence-corrected chi connectivity index (χ2v) is 6.38. The van der Waals surface area contributed by atoms with Crippen molar-refractivity contribution in [1.82, 2.24) is 14.5 Å². The second kappa shape index (κ2) is 6.42. The van der Waals surface area contributed by atoms with E-state index >= 15 is 0 Å². The van der Waals surface area contributed by atoms with Gasteiger partial charge in [0.25, 0.3) is 5.91 Å². The number of amides is 1. The summed E-state index contributed by atoms with van der Waals surface area (Å²) < 4.78 is 8.07. The third-order valence-corrected chi connectivity index (χ3v) is 3.77. The molecule has 6 heteroatoms. The van der Waals surface area contributed by atoms with Gasteiger partial charge < -0.3 is 13.9 Å². The van der Waals surface area contributed by atoms with E-state index in [0.717, 1.165) is 21.3 Å². The van der Waals surface area contributed by atoms with Gasteiger partial charge in [-0.05, 0) is 24.3 Å². The molecular weight excluding hydrogens is 358 g/mol. The minimum atomic E-state index is -0.175. The topological polar surface area (TPSA) is 51.3 Å². The molecule has 118 valence electrons. The Hall–Kier alpha value is -2.34. The molecule has 0 aliphatic heterocycles. The van der Waals surface area contributed by atoms with Gasteiger partial charge in [-0.25, -0.2) is 4.98 Å². The molecule has 23 heavy (non-hydrogen) atoms. The van der Waals surface area contributed by atoms with Crippen LogP contribution in [0.4, 0.5) is 0 Å². The largest absolute Gasteiger partial charge is 0.459 e. The van der Waals surface area contributed by atoms with Crippen LogP contribution < -0.4 is 0 Å². The molecule has 5 nitrogen and oxygen atoms in total. The number of hydrogen-bond donors (Lipinski definition) is 0. The molecular formula is C17H16BrN3O2. The Kier molecular flexibility index (Phi) is 4.34. The van der Waals surface area contributed by atoms with Crippen molar-refractivity contribution in [2.24, 2.45) is 0 Å². The van der Waals surface area contributed by atoms with Crippen LogP contribution in [0.2, 0.25) is 0 Å². The molecule has 0 N–H and O–H groups in total. The van der Waals surface area contributed by atoms with Crippen LogP contribution in [-0.2, 0) is 13.1 Å². The molecule has 0 atom stereocenters. The SMILES string of the molecule is C=C(Br)Cn1c(CN(C)C(=O)c2ccco2)nc2ccccc21. The normalized spacial score (nSPS) is 10.9. The highest BCUT2D eigenvalue weighted by molar-refractivity contribution is 9.11. The molecule has 2 aromatic heterocycles. The Balaban J connectivity index is 1.92. The quantitative estimate of drug-likeness (QED) is 0.683. The summed E-state index contributed by atoms with van der Waals surface area (Å²) in [5.74, 6) is 0.945. The van der Waals surface area contributed by atoms with Crippen LogP contribution in [0, 0.1) is 0 Å². The number of furan rings is 1. The Morgan fingerprint density at radius 3 is 2.83 bits per heavy atom. The number of imidazole rings is 1. The summed E-state index contributed by atoms with van der Waals surface area (Å²) in [5.41, 5.74) is 1.91. The van der Waals surface area contributed by atoms with Crippen LogP contribution in [-0.4, -0.2) is 27.4 Å². The number of halogens is 1. The fourth-order valence-electron chi connectivity index (χ4n) is 2.47. The Morgan fingerprint density at radius 2 is 2.13 bits per heavy atom. The van der Waals surface area contributed by atoms with E-state index in [4.69, 9.17) is 4.42 Å². The lowest BCUT2D eigenvalue weighted by Gasteiger charge is -2.16. The number of hydrogen-bond acceptors (Lipinski definition) is 3. The van der Waals surface area contributed by atoms with E-state index in [1.807, 2.05) is 24.3 Å². The maximum atomic E-state index is 12.3. The molecule has 2 heterocycles. The van der Waals surface area contributed by atoms with E-state index in [-0.39, 0.29) is 5.91 Å². The molecule has 0 bridgehead atoms. The van der Waals surface area contributed by atoms with Crippen molar-refractivity contribution in [3.8, 4) is 0 Å². The van der Waals surface area contributed by atoms with Crippen molar-refractivity contribution >= 4 is 32.9 Å². The minimum Gasteiger partial charge on any atom is -0.459 e. The number of rotatable bonds is 5. The van der Waals surface area contributed by atoms with Gasteiger partial charge >= 0.3 is 0 Å². The Labute approximate surface area is 142 Å². The summed E-state index contributed by atoms with van der Waals surface area (Å²) in [7, 11) is 1.73. The lowest BCUT2D eigenvalue weighted by molar-refractivity contribution is 0.0749. The number of para-hydroxylation sites is 2. The molecule has 0 aliphatic rings. The van der Waals surface area contributed by atoms with E-state index in [0.29, 0.717) is 18.8 Å². The van der Waals surface area contributed by atoms with Crippen molar-refractivity contribution < 1.29 is 9.21 Å². The van der Waals surface area contributed by atoms with E-state index < -0.39 is 0 Å². The first-order chi connectivity index (χ1) is 11.1. The average molecular weight is 374 g/mol. The van der Waals surface area contributed by atoms with Gasteiger partial charge in [-0.2, -0.15) is 0 Å².